The monoisotopic (exact) mass is 525 g/mol. The molecule has 0 aliphatic rings. The topological polar surface area (TPSA) is 81.7 Å². The first-order valence-electron chi connectivity index (χ1n) is 10.7. The van der Waals surface area contributed by atoms with Gasteiger partial charge in [-0.2, -0.15) is 0 Å². The molecule has 4 aromatic rings. The highest BCUT2D eigenvalue weighted by Gasteiger charge is 2.14. The molecule has 0 saturated heterocycles. The van der Waals surface area contributed by atoms with E-state index in [1.807, 2.05) is 0 Å². The lowest BCUT2D eigenvalue weighted by Gasteiger charge is -2.14. The molecule has 1 heterocycles. The van der Waals surface area contributed by atoms with Crippen LogP contribution in [0.25, 0.3) is 10.9 Å². The molecule has 1 amide bonds. The van der Waals surface area contributed by atoms with Gasteiger partial charge in [-0.1, -0.05) is 29.8 Å². The van der Waals surface area contributed by atoms with Crippen LogP contribution in [-0.2, 0) is 11.2 Å². The molecule has 10 heteroatoms. The molecule has 36 heavy (non-hydrogen) atoms. The molecular formula is C26H21ClFN3O4S. The molecule has 2 N–H and O–H groups in total. The zero-order chi connectivity index (χ0) is 25.7. The quantitative estimate of drug-likeness (QED) is 0.291. The van der Waals surface area contributed by atoms with Crippen molar-refractivity contribution >= 4 is 51.4 Å². The van der Waals surface area contributed by atoms with Gasteiger partial charge in [-0.05, 0) is 48.1 Å². The lowest BCUT2D eigenvalue weighted by atomic mass is 10.1. The number of carbonyl (C=O) groups is 1. The first-order valence-corrected chi connectivity index (χ1v) is 11.5. The molecule has 0 radical (unpaired) electrons. The molecule has 0 aliphatic heterocycles. The number of thiocarbonyl (C=S) groups is 1. The molecule has 3 aromatic carbocycles. The number of nitrogens with zero attached hydrogens (tertiary/aromatic N) is 1. The van der Waals surface area contributed by atoms with Gasteiger partial charge in [0.15, 0.2) is 16.6 Å². The van der Waals surface area contributed by atoms with Crippen molar-refractivity contribution < 1.29 is 23.4 Å². The lowest BCUT2D eigenvalue weighted by Crippen LogP contribution is -2.35. The third kappa shape index (κ3) is 5.81. The number of fused-ring (bicyclic) bond motifs is 1. The van der Waals surface area contributed by atoms with E-state index in [1.54, 1.807) is 61.8 Å². The first kappa shape index (κ1) is 25.2. The van der Waals surface area contributed by atoms with Crippen LogP contribution in [0.4, 0.5) is 10.1 Å². The second-order valence-corrected chi connectivity index (χ2v) is 8.36. The standard InChI is InChI=1S/C26H21ClFN3O4S/c1-33-23-13-17-21(14-24(23)34-2)29-10-9-22(17)35-16-7-8-20(19(28)12-16)30-26(36)31-25(32)11-15-5-3-4-6-18(15)27/h3-10,12-14H,11H2,1-2H3,(H2,30,31,32,36). The van der Waals surface area contributed by atoms with Gasteiger partial charge in [-0.3, -0.25) is 9.78 Å². The van der Waals surface area contributed by atoms with Crippen LogP contribution < -0.4 is 24.8 Å². The Labute approximate surface area is 217 Å². The number of carbonyl (C=O) groups excluding carboxylic acids is 1. The van der Waals surface area contributed by atoms with E-state index in [1.165, 1.54) is 19.2 Å². The van der Waals surface area contributed by atoms with E-state index in [4.69, 9.17) is 38.0 Å². The average Bonchev–Trinajstić information content (AvgIpc) is 2.86. The van der Waals surface area contributed by atoms with E-state index in [-0.39, 0.29) is 28.9 Å². The van der Waals surface area contributed by atoms with Gasteiger partial charge >= 0.3 is 0 Å². The lowest BCUT2D eigenvalue weighted by molar-refractivity contribution is -0.119. The van der Waals surface area contributed by atoms with E-state index in [0.717, 1.165) is 0 Å². The molecule has 7 nitrogen and oxygen atoms in total. The molecule has 1 aromatic heterocycles. The van der Waals surface area contributed by atoms with Crippen LogP contribution in [0, 0.1) is 5.82 Å². The van der Waals surface area contributed by atoms with Gasteiger partial charge in [0.05, 0.1) is 31.8 Å². The predicted molar refractivity (Wildman–Crippen MR) is 141 cm³/mol. The third-order valence-corrected chi connectivity index (χ3v) is 5.76. The Bertz CT molecular complexity index is 1450. The number of aromatic nitrogens is 1. The van der Waals surface area contributed by atoms with Gasteiger partial charge in [-0.25, -0.2) is 4.39 Å². The first-order chi connectivity index (χ1) is 17.4. The Balaban J connectivity index is 1.45. The fourth-order valence-corrected chi connectivity index (χ4v) is 3.89. The molecule has 0 bridgehead atoms. The number of methoxy groups -OCH3 is 2. The molecule has 0 spiro atoms. The zero-order valence-electron chi connectivity index (χ0n) is 19.3. The van der Waals surface area contributed by atoms with Crippen LogP contribution in [0.3, 0.4) is 0 Å². The number of rotatable bonds is 7. The number of hydrogen-bond donors (Lipinski definition) is 2. The van der Waals surface area contributed by atoms with Crippen LogP contribution in [0.15, 0.2) is 66.9 Å². The molecule has 4 rings (SSSR count). The van der Waals surface area contributed by atoms with Crippen molar-refractivity contribution in [1.82, 2.24) is 10.3 Å². The van der Waals surface area contributed by atoms with Crippen molar-refractivity contribution in [3.05, 3.63) is 83.3 Å². The van der Waals surface area contributed by atoms with Gasteiger partial charge in [0, 0.05) is 28.7 Å². The van der Waals surface area contributed by atoms with E-state index >= 15 is 0 Å². The SMILES string of the molecule is COc1cc2nccc(Oc3ccc(NC(=S)NC(=O)Cc4ccccc4Cl)c(F)c3)c2cc1OC. The maximum atomic E-state index is 14.8. The Kier molecular flexibility index (Phi) is 7.82. The molecule has 0 atom stereocenters. The van der Waals surface area contributed by atoms with Crippen molar-refractivity contribution in [2.45, 2.75) is 6.42 Å². The van der Waals surface area contributed by atoms with Gasteiger partial charge < -0.3 is 24.8 Å². The number of hydrogen-bond acceptors (Lipinski definition) is 6. The van der Waals surface area contributed by atoms with Crippen molar-refractivity contribution in [3.63, 3.8) is 0 Å². The molecule has 0 aliphatic carbocycles. The van der Waals surface area contributed by atoms with Crippen molar-refractivity contribution in [2.24, 2.45) is 0 Å². The Morgan fingerprint density at radius 2 is 1.78 bits per heavy atom. The molecule has 184 valence electrons. The summed E-state index contributed by atoms with van der Waals surface area (Å²) in [5.74, 6) is 0.771. The van der Waals surface area contributed by atoms with Crippen molar-refractivity contribution in [3.8, 4) is 23.0 Å². The second-order valence-electron chi connectivity index (χ2n) is 7.55. The number of halogens is 2. The van der Waals surface area contributed by atoms with Gasteiger partial charge in [0.1, 0.15) is 17.3 Å². The molecule has 0 saturated carbocycles. The molecule has 0 unspecified atom stereocenters. The highest BCUT2D eigenvalue weighted by atomic mass is 35.5. The van der Waals surface area contributed by atoms with Crippen LogP contribution in [0.1, 0.15) is 5.56 Å². The van der Waals surface area contributed by atoms with Crippen LogP contribution >= 0.6 is 23.8 Å². The Morgan fingerprint density at radius 1 is 1.03 bits per heavy atom. The van der Waals surface area contributed by atoms with Crippen LogP contribution in [-0.4, -0.2) is 30.2 Å². The van der Waals surface area contributed by atoms with Gasteiger partial charge in [0.2, 0.25) is 5.91 Å². The summed E-state index contributed by atoms with van der Waals surface area (Å²) in [6.07, 6.45) is 1.62. The summed E-state index contributed by atoms with van der Waals surface area (Å²) in [6, 6.07) is 16.4. The minimum atomic E-state index is -0.618. The number of pyridine rings is 1. The summed E-state index contributed by atoms with van der Waals surface area (Å²) in [5, 5.41) is 6.31. The molecule has 0 fully saturated rings. The normalized spacial score (nSPS) is 10.6. The summed E-state index contributed by atoms with van der Waals surface area (Å²) in [7, 11) is 3.07. The van der Waals surface area contributed by atoms with Crippen LogP contribution in [0.5, 0.6) is 23.0 Å². The summed E-state index contributed by atoms with van der Waals surface area (Å²) in [5.41, 5.74) is 1.37. The van der Waals surface area contributed by atoms with Crippen LogP contribution in [0.2, 0.25) is 5.02 Å². The number of anilines is 1. The highest BCUT2D eigenvalue weighted by molar-refractivity contribution is 7.80. The largest absolute Gasteiger partial charge is 0.493 e. The number of nitrogens with one attached hydrogen (secondary N) is 2. The number of ether oxygens (including phenoxy) is 3. The number of amides is 1. The predicted octanol–water partition coefficient (Wildman–Crippen LogP) is 5.89. The van der Waals surface area contributed by atoms with E-state index < -0.39 is 5.82 Å². The third-order valence-electron chi connectivity index (χ3n) is 5.19. The number of benzene rings is 3. The Hall–Kier alpha value is -3.95. The average molecular weight is 526 g/mol. The summed E-state index contributed by atoms with van der Waals surface area (Å²) in [6.45, 7) is 0. The maximum Gasteiger partial charge on any atom is 0.230 e. The highest BCUT2D eigenvalue weighted by Crippen LogP contribution is 2.37. The summed E-state index contributed by atoms with van der Waals surface area (Å²) >= 11 is 11.2. The van der Waals surface area contributed by atoms with E-state index in [9.17, 15) is 9.18 Å². The summed E-state index contributed by atoms with van der Waals surface area (Å²) in [4.78, 5) is 16.6. The summed E-state index contributed by atoms with van der Waals surface area (Å²) < 4.78 is 31.4. The van der Waals surface area contributed by atoms with Crippen molar-refractivity contribution in [1.29, 1.82) is 0 Å². The van der Waals surface area contributed by atoms with Gasteiger partial charge in [0.25, 0.3) is 0 Å². The van der Waals surface area contributed by atoms with E-state index in [2.05, 4.69) is 15.6 Å². The van der Waals surface area contributed by atoms with E-state index in [0.29, 0.717) is 38.7 Å². The zero-order valence-corrected chi connectivity index (χ0v) is 20.9. The maximum absolute atomic E-state index is 14.8. The smallest absolute Gasteiger partial charge is 0.230 e. The second kappa shape index (κ2) is 11.2. The minimum absolute atomic E-state index is 0.0350. The Morgan fingerprint density at radius 3 is 2.50 bits per heavy atom. The van der Waals surface area contributed by atoms with Crippen molar-refractivity contribution in [2.75, 3.05) is 19.5 Å². The minimum Gasteiger partial charge on any atom is -0.493 e. The molecular weight excluding hydrogens is 505 g/mol. The fraction of sp³-hybridized carbons (Fsp3) is 0.115. The van der Waals surface area contributed by atoms with Gasteiger partial charge in [-0.15, -0.1) is 0 Å². The fourth-order valence-electron chi connectivity index (χ4n) is 3.46.